The molecule has 1 fully saturated rings. The lowest BCUT2D eigenvalue weighted by Crippen LogP contribution is -2.32. The van der Waals surface area contributed by atoms with Crippen LogP contribution in [0, 0.1) is 0 Å². The first kappa shape index (κ1) is 13.7. The molecule has 1 aliphatic rings. The number of cyclic esters (lactones) is 1. The molecule has 1 heterocycles. The monoisotopic (exact) mass is 265 g/mol. The van der Waals surface area contributed by atoms with Gasteiger partial charge in [0.1, 0.15) is 11.4 Å². The molecule has 2 rings (SSSR count). The number of benzene rings is 1. The van der Waals surface area contributed by atoms with Crippen LogP contribution in [-0.2, 0) is 11.3 Å². The number of rotatable bonds is 5. The molecule has 1 saturated heterocycles. The highest BCUT2D eigenvalue weighted by Gasteiger charge is 2.40. The number of methoxy groups -OCH3 is 1. The number of carbonyl (C=O) groups excluding carboxylic acids is 1. The fraction of sp³-hybridized carbons (Fsp3) is 0.500. The summed E-state index contributed by atoms with van der Waals surface area (Å²) in [6, 6.07) is 7.58. The van der Waals surface area contributed by atoms with Crippen LogP contribution in [0.1, 0.15) is 18.9 Å². The van der Waals surface area contributed by atoms with Gasteiger partial charge in [-0.3, -0.25) is 4.90 Å². The zero-order chi connectivity index (χ0) is 13.9. The number of amides is 1. The van der Waals surface area contributed by atoms with Gasteiger partial charge in [0, 0.05) is 19.6 Å². The summed E-state index contributed by atoms with van der Waals surface area (Å²) >= 11 is 0. The standard InChI is InChI=1S/C14H19NO4/c1-14(7-8-16)10-15(13(17)19-14)9-11-3-5-12(18-2)6-4-11/h3-6,16H,7-10H2,1-2H3. The van der Waals surface area contributed by atoms with E-state index in [0.717, 1.165) is 11.3 Å². The normalized spacial score (nSPS) is 22.5. The lowest BCUT2D eigenvalue weighted by Gasteiger charge is -2.20. The summed E-state index contributed by atoms with van der Waals surface area (Å²) in [5, 5.41) is 8.99. The average Bonchev–Trinajstić information content (AvgIpc) is 2.65. The van der Waals surface area contributed by atoms with Gasteiger partial charge in [-0.25, -0.2) is 4.79 Å². The first-order valence-electron chi connectivity index (χ1n) is 6.28. The molecule has 0 aromatic heterocycles. The Morgan fingerprint density at radius 3 is 2.68 bits per heavy atom. The van der Waals surface area contributed by atoms with Crippen molar-refractivity contribution in [1.29, 1.82) is 0 Å². The highest BCUT2D eigenvalue weighted by molar-refractivity contribution is 5.70. The Balaban J connectivity index is 2.01. The second-order valence-electron chi connectivity index (χ2n) is 5.00. The van der Waals surface area contributed by atoms with Crippen LogP contribution in [0.5, 0.6) is 5.75 Å². The summed E-state index contributed by atoms with van der Waals surface area (Å²) in [6.45, 7) is 2.86. The van der Waals surface area contributed by atoms with Gasteiger partial charge >= 0.3 is 6.09 Å². The number of ether oxygens (including phenoxy) is 2. The van der Waals surface area contributed by atoms with E-state index in [0.29, 0.717) is 19.5 Å². The van der Waals surface area contributed by atoms with Crippen LogP contribution in [0.4, 0.5) is 4.79 Å². The smallest absolute Gasteiger partial charge is 0.410 e. The van der Waals surface area contributed by atoms with E-state index in [2.05, 4.69) is 0 Å². The van der Waals surface area contributed by atoms with Crippen molar-refractivity contribution in [2.24, 2.45) is 0 Å². The third-order valence-electron chi connectivity index (χ3n) is 3.29. The van der Waals surface area contributed by atoms with Gasteiger partial charge in [0.2, 0.25) is 0 Å². The van der Waals surface area contributed by atoms with E-state index in [-0.39, 0.29) is 12.7 Å². The Morgan fingerprint density at radius 2 is 2.11 bits per heavy atom. The Kier molecular flexibility index (Phi) is 3.95. The van der Waals surface area contributed by atoms with Crippen LogP contribution >= 0.6 is 0 Å². The van der Waals surface area contributed by atoms with E-state index in [9.17, 15) is 4.79 Å². The van der Waals surface area contributed by atoms with Crippen LogP contribution in [0.2, 0.25) is 0 Å². The van der Waals surface area contributed by atoms with Gasteiger partial charge in [-0.15, -0.1) is 0 Å². The molecule has 5 nitrogen and oxygen atoms in total. The number of hydrogen-bond donors (Lipinski definition) is 1. The van der Waals surface area contributed by atoms with E-state index >= 15 is 0 Å². The van der Waals surface area contributed by atoms with Crippen molar-refractivity contribution in [1.82, 2.24) is 4.90 Å². The third-order valence-corrected chi connectivity index (χ3v) is 3.29. The molecule has 104 valence electrons. The first-order chi connectivity index (χ1) is 9.06. The second kappa shape index (κ2) is 5.48. The van der Waals surface area contributed by atoms with E-state index in [1.165, 1.54) is 0 Å². The van der Waals surface area contributed by atoms with Gasteiger partial charge < -0.3 is 14.6 Å². The summed E-state index contributed by atoms with van der Waals surface area (Å²) in [6.07, 6.45) is 0.129. The number of carbonyl (C=O) groups is 1. The molecule has 0 bridgehead atoms. The fourth-order valence-corrected chi connectivity index (χ4v) is 2.21. The Labute approximate surface area is 112 Å². The Morgan fingerprint density at radius 1 is 1.42 bits per heavy atom. The zero-order valence-electron chi connectivity index (χ0n) is 11.3. The molecule has 0 radical (unpaired) electrons. The molecule has 19 heavy (non-hydrogen) atoms. The number of aliphatic hydroxyl groups excluding tert-OH is 1. The van der Waals surface area contributed by atoms with Gasteiger partial charge in [0.15, 0.2) is 0 Å². The number of nitrogens with zero attached hydrogens (tertiary/aromatic N) is 1. The quantitative estimate of drug-likeness (QED) is 0.881. The largest absolute Gasteiger partial charge is 0.497 e. The minimum atomic E-state index is -0.585. The molecule has 1 unspecified atom stereocenters. The molecular formula is C14H19NO4. The fourth-order valence-electron chi connectivity index (χ4n) is 2.21. The van der Waals surface area contributed by atoms with Crippen molar-refractivity contribution >= 4 is 6.09 Å². The summed E-state index contributed by atoms with van der Waals surface area (Å²) in [4.78, 5) is 13.4. The third kappa shape index (κ3) is 3.17. The molecule has 0 aliphatic carbocycles. The molecular weight excluding hydrogens is 246 g/mol. The van der Waals surface area contributed by atoms with Crippen LogP contribution in [0.3, 0.4) is 0 Å². The molecule has 1 amide bonds. The Hall–Kier alpha value is -1.75. The van der Waals surface area contributed by atoms with Crippen LogP contribution < -0.4 is 4.74 Å². The number of hydrogen-bond acceptors (Lipinski definition) is 4. The van der Waals surface area contributed by atoms with Crippen molar-refractivity contribution in [2.45, 2.75) is 25.5 Å². The lowest BCUT2D eigenvalue weighted by molar-refractivity contribution is 0.0501. The molecule has 0 saturated carbocycles. The van der Waals surface area contributed by atoms with Crippen LogP contribution in [0.15, 0.2) is 24.3 Å². The molecule has 1 aromatic rings. The topological polar surface area (TPSA) is 59.0 Å². The highest BCUT2D eigenvalue weighted by atomic mass is 16.6. The van der Waals surface area contributed by atoms with Crippen molar-refractivity contribution in [2.75, 3.05) is 20.3 Å². The molecule has 5 heteroatoms. The highest BCUT2D eigenvalue weighted by Crippen LogP contribution is 2.27. The van der Waals surface area contributed by atoms with Crippen molar-refractivity contribution < 1.29 is 19.4 Å². The minimum absolute atomic E-state index is 0.0140. The number of aliphatic hydroxyl groups is 1. The zero-order valence-corrected chi connectivity index (χ0v) is 11.3. The second-order valence-corrected chi connectivity index (χ2v) is 5.00. The summed E-state index contributed by atoms with van der Waals surface area (Å²) in [5.41, 5.74) is 0.434. The van der Waals surface area contributed by atoms with Gasteiger partial charge in [-0.2, -0.15) is 0 Å². The lowest BCUT2D eigenvalue weighted by atomic mass is 10.0. The predicted octanol–water partition coefficient (Wildman–Crippen LogP) is 1.79. The summed E-state index contributed by atoms with van der Waals surface area (Å²) in [5.74, 6) is 0.790. The molecule has 1 aromatic carbocycles. The minimum Gasteiger partial charge on any atom is -0.497 e. The van der Waals surface area contributed by atoms with Gasteiger partial charge in [-0.1, -0.05) is 12.1 Å². The summed E-state index contributed by atoms with van der Waals surface area (Å²) < 4.78 is 10.4. The van der Waals surface area contributed by atoms with Crippen LogP contribution in [-0.4, -0.2) is 42.0 Å². The predicted molar refractivity (Wildman–Crippen MR) is 70.0 cm³/mol. The molecule has 0 spiro atoms. The summed E-state index contributed by atoms with van der Waals surface area (Å²) in [7, 11) is 1.62. The van der Waals surface area contributed by atoms with Gasteiger partial charge in [-0.05, 0) is 24.6 Å². The van der Waals surface area contributed by atoms with E-state index in [1.54, 1.807) is 12.0 Å². The maximum absolute atomic E-state index is 11.8. The van der Waals surface area contributed by atoms with E-state index in [1.807, 2.05) is 31.2 Å². The van der Waals surface area contributed by atoms with Crippen molar-refractivity contribution in [3.8, 4) is 5.75 Å². The first-order valence-corrected chi connectivity index (χ1v) is 6.28. The maximum Gasteiger partial charge on any atom is 0.410 e. The molecule has 1 aliphatic heterocycles. The van der Waals surface area contributed by atoms with Crippen molar-refractivity contribution in [3.63, 3.8) is 0 Å². The molecule has 1 N–H and O–H groups in total. The van der Waals surface area contributed by atoms with E-state index in [4.69, 9.17) is 14.6 Å². The van der Waals surface area contributed by atoms with E-state index < -0.39 is 5.60 Å². The van der Waals surface area contributed by atoms with Crippen molar-refractivity contribution in [3.05, 3.63) is 29.8 Å². The van der Waals surface area contributed by atoms with Crippen LogP contribution in [0.25, 0.3) is 0 Å². The molecule has 1 atom stereocenters. The maximum atomic E-state index is 11.8. The average molecular weight is 265 g/mol. The van der Waals surface area contributed by atoms with Gasteiger partial charge in [0.05, 0.1) is 13.7 Å². The van der Waals surface area contributed by atoms with Gasteiger partial charge in [0.25, 0.3) is 0 Å². The SMILES string of the molecule is COc1ccc(CN2CC(C)(CCO)OC2=O)cc1. The Bertz CT molecular complexity index is 445.